The molecule has 15 heavy (non-hydrogen) atoms. The van der Waals surface area contributed by atoms with Crippen LogP contribution in [0.25, 0.3) is 0 Å². The smallest absolute Gasteiger partial charge is 0.210 e. The van der Waals surface area contributed by atoms with E-state index in [1.54, 1.807) is 23.5 Å². The van der Waals surface area contributed by atoms with Crippen molar-refractivity contribution in [1.82, 2.24) is 0 Å². The molecule has 0 amide bonds. The SMILES string of the molecule is C#CS(=O)(=O)c1ccccc1.CC.CC. The predicted molar refractivity (Wildman–Crippen MR) is 65.2 cm³/mol. The van der Waals surface area contributed by atoms with Gasteiger partial charge in [-0.3, -0.25) is 0 Å². The molecule has 0 N–H and O–H groups in total. The lowest BCUT2D eigenvalue weighted by molar-refractivity contribution is 0.606. The Balaban J connectivity index is 0. The molecule has 0 aliphatic heterocycles. The van der Waals surface area contributed by atoms with E-state index in [2.05, 4.69) is 0 Å². The van der Waals surface area contributed by atoms with Crippen LogP contribution >= 0.6 is 0 Å². The topological polar surface area (TPSA) is 34.1 Å². The van der Waals surface area contributed by atoms with Gasteiger partial charge in [-0.2, -0.15) is 0 Å². The summed E-state index contributed by atoms with van der Waals surface area (Å²) in [6.45, 7) is 8.00. The molecule has 0 saturated heterocycles. The summed E-state index contributed by atoms with van der Waals surface area (Å²) in [4.78, 5) is 0.169. The zero-order valence-electron chi connectivity index (χ0n) is 9.69. The lowest BCUT2D eigenvalue weighted by Gasteiger charge is -1.92. The molecule has 0 saturated carbocycles. The molecular formula is C12H18O2S. The quantitative estimate of drug-likeness (QED) is 0.544. The minimum Gasteiger partial charge on any atom is -0.210 e. The highest BCUT2D eigenvalue weighted by atomic mass is 32.2. The van der Waals surface area contributed by atoms with Crippen molar-refractivity contribution in [3.63, 3.8) is 0 Å². The number of hydrogen-bond acceptors (Lipinski definition) is 2. The minimum absolute atomic E-state index is 0.169. The van der Waals surface area contributed by atoms with Gasteiger partial charge in [-0.1, -0.05) is 45.9 Å². The summed E-state index contributed by atoms with van der Waals surface area (Å²) in [7, 11) is -3.47. The molecule has 0 aromatic heterocycles. The largest absolute Gasteiger partial charge is 0.244 e. The Morgan fingerprint density at radius 1 is 1.00 bits per heavy atom. The van der Waals surface area contributed by atoms with Crippen LogP contribution in [0.5, 0.6) is 0 Å². The van der Waals surface area contributed by atoms with Gasteiger partial charge in [-0.15, -0.1) is 6.42 Å². The van der Waals surface area contributed by atoms with Gasteiger partial charge in [0.2, 0.25) is 9.84 Å². The van der Waals surface area contributed by atoms with Crippen molar-refractivity contribution in [2.75, 3.05) is 0 Å². The first-order valence-electron chi connectivity index (χ1n) is 4.94. The van der Waals surface area contributed by atoms with Gasteiger partial charge in [0.1, 0.15) is 0 Å². The van der Waals surface area contributed by atoms with Gasteiger partial charge in [0.25, 0.3) is 0 Å². The van der Waals surface area contributed by atoms with E-state index in [0.717, 1.165) is 0 Å². The van der Waals surface area contributed by atoms with Crippen LogP contribution in [0.4, 0.5) is 0 Å². The summed E-state index contributed by atoms with van der Waals surface area (Å²) < 4.78 is 21.9. The fraction of sp³-hybridized carbons (Fsp3) is 0.333. The molecule has 0 radical (unpaired) electrons. The van der Waals surface area contributed by atoms with Gasteiger partial charge in [-0.05, 0) is 12.1 Å². The number of sulfone groups is 1. The second-order valence-corrected chi connectivity index (χ2v) is 3.65. The van der Waals surface area contributed by atoms with Crippen molar-refractivity contribution in [2.45, 2.75) is 32.6 Å². The lowest BCUT2D eigenvalue weighted by atomic mass is 10.4. The predicted octanol–water partition coefficient (Wildman–Crippen LogP) is 3.10. The second-order valence-electron chi connectivity index (χ2n) is 1.93. The first kappa shape index (κ1) is 16.2. The molecule has 1 aromatic rings. The molecule has 0 aliphatic carbocycles. The highest BCUT2D eigenvalue weighted by molar-refractivity contribution is 7.96. The fourth-order valence-electron chi connectivity index (χ4n) is 0.668. The molecule has 2 nitrogen and oxygen atoms in total. The molecule has 0 bridgehead atoms. The summed E-state index contributed by atoms with van der Waals surface area (Å²) in [5.74, 6) is 0. The molecule has 0 unspecified atom stereocenters. The first-order chi connectivity index (χ1) is 7.17. The number of terminal acetylenes is 1. The van der Waals surface area contributed by atoms with Gasteiger partial charge < -0.3 is 0 Å². The van der Waals surface area contributed by atoms with Crippen molar-refractivity contribution in [2.24, 2.45) is 0 Å². The van der Waals surface area contributed by atoms with E-state index < -0.39 is 9.84 Å². The number of rotatable bonds is 1. The zero-order valence-corrected chi connectivity index (χ0v) is 10.5. The van der Waals surface area contributed by atoms with Crippen molar-refractivity contribution < 1.29 is 8.42 Å². The average Bonchev–Trinajstić information content (AvgIpc) is 2.35. The minimum atomic E-state index is -3.47. The standard InChI is InChI=1S/C8H6O2S.2C2H6/c1-2-11(9,10)8-6-4-3-5-7-8;2*1-2/h1,3-7H;2*1-2H3. The number of benzene rings is 1. The zero-order chi connectivity index (χ0) is 12.3. The molecule has 1 rings (SSSR count). The molecule has 3 heteroatoms. The fourth-order valence-corrected chi connectivity index (χ4v) is 1.32. The van der Waals surface area contributed by atoms with Crippen LogP contribution in [0.1, 0.15) is 27.7 Å². The third kappa shape index (κ3) is 5.92. The molecule has 0 spiro atoms. The van der Waals surface area contributed by atoms with Gasteiger partial charge >= 0.3 is 0 Å². The van der Waals surface area contributed by atoms with E-state index in [-0.39, 0.29) is 4.90 Å². The van der Waals surface area contributed by atoms with Gasteiger partial charge in [0.05, 0.1) is 4.90 Å². The molecular weight excluding hydrogens is 208 g/mol. The highest BCUT2D eigenvalue weighted by Crippen LogP contribution is 2.07. The summed E-state index contributed by atoms with van der Waals surface area (Å²) >= 11 is 0. The Morgan fingerprint density at radius 3 is 1.73 bits per heavy atom. The van der Waals surface area contributed by atoms with Crippen LogP contribution in [0.15, 0.2) is 35.2 Å². The van der Waals surface area contributed by atoms with Crippen molar-refractivity contribution in [3.8, 4) is 11.7 Å². The molecule has 0 heterocycles. The van der Waals surface area contributed by atoms with E-state index in [1.807, 2.05) is 27.7 Å². The van der Waals surface area contributed by atoms with E-state index in [1.165, 1.54) is 12.1 Å². The van der Waals surface area contributed by atoms with Crippen LogP contribution in [-0.4, -0.2) is 8.42 Å². The maximum atomic E-state index is 11.0. The van der Waals surface area contributed by atoms with E-state index in [9.17, 15) is 8.42 Å². The maximum Gasteiger partial charge on any atom is 0.244 e. The summed E-state index contributed by atoms with van der Waals surface area (Å²) in [6.07, 6.45) is 4.80. The Bertz CT molecular complexity index is 372. The molecule has 84 valence electrons. The van der Waals surface area contributed by atoms with Gasteiger partial charge in [0.15, 0.2) is 0 Å². The van der Waals surface area contributed by atoms with Crippen molar-refractivity contribution in [3.05, 3.63) is 30.3 Å². The molecule has 0 fully saturated rings. The second kappa shape index (κ2) is 9.29. The van der Waals surface area contributed by atoms with Crippen molar-refractivity contribution in [1.29, 1.82) is 0 Å². The Kier molecular flexibility index (Phi) is 10.0. The Hall–Kier alpha value is -1.27. The van der Waals surface area contributed by atoms with Gasteiger partial charge in [0, 0.05) is 5.25 Å². The summed E-state index contributed by atoms with van der Waals surface area (Å²) in [5.41, 5.74) is 0. The van der Waals surface area contributed by atoms with E-state index in [4.69, 9.17) is 6.42 Å². The summed E-state index contributed by atoms with van der Waals surface area (Å²) in [6, 6.07) is 7.92. The van der Waals surface area contributed by atoms with E-state index >= 15 is 0 Å². The first-order valence-corrected chi connectivity index (χ1v) is 6.42. The Morgan fingerprint density at radius 2 is 1.40 bits per heavy atom. The summed E-state index contributed by atoms with van der Waals surface area (Å²) in [5, 5.41) is 1.73. The third-order valence-corrected chi connectivity index (χ3v) is 2.41. The molecule has 1 aromatic carbocycles. The van der Waals surface area contributed by atoms with Crippen LogP contribution in [-0.2, 0) is 9.84 Å². The lowest BCUT2D eigenvalue weighted by Crippen LogP contribution is -1.94. The third-order valence-electron chi connectivity index (χ3n) is 1.21. The average molecular weight is 226 g/mol. The Labute approximate surface area is 93.3 Å². The molecule has 0 atom stereocenters. The number of hydrogen-bond donors (Lipinski definition) is 0. The van der Waals surface area contributed by atoms with Gasteiger partial charge in [-0.25, -0.2) is 8.42 Å². The van der Waals surface area contributed by atoms with Crippen molar-refractivity contribution >= 4 is 9.84 Å². The van der Waals surface area contributed by atoms with E-state index in [0.29, 0.717) is 0 Å². The van der Waals surface area contributed by atoms with Crippen LogP contribution < -0.4 is 0 Å². The highest BCUT2D eigenvalue weighted by Gasteiger charge is 2.07. The van der Waals surface area contributed by atoms with Crippen LogP contribution in [0, 0.1) is 11.7 Å². The normalized spacial score (nSPS) is 8.47. The molecule has 0 aliphatic rings. The monoisotopic (exact) mass is 226 g/mol. The maximum absolute atomic E-state index is 11.0. The van der Waals surface area contributed by atoms with Crippen LogP contribution in [0.3, 0.4) is 0 Å². The van der Waals surface area contributed by atoms with Crippen LogP contribution in [0.2, 0.25) is 0 Å².